The summed E-state index contributed by atoms with van der Waals surface area (Å²) in [6.07, 6.45) is 0. The summed E-state index contributed by atoms with van der Waals surface area (Å²) in [4.78, 5) is 40.4. The van der Waals surface area contributed by atoms with E-state index in [-0.39, 0.29) is 32.6 Å². The number of oxime groups is 1. The number of ketones is 1. The molecule has 0 radical (unpaired) electrons. The Kier molecular flexibility index (Phi) is 4.33. The predicted octanol–water partition coefficient (Wildman–Crippen LogP) is 3.08. The number of Topliss-reactive ketones (excluding diaryl/α,β-unsaturated/α-hetero) is 1. The number of fused-ring (bicyclic) bond motifs is 1. The zero-order valence-electron chi connectivity index (χ0n) is 11.9. The third kappa shape index (κ3) is 3.02. The molecule has 1 amide bonds. The smallest absolute Gasteiger partial charge is 0.318 e. The number of carbonyl (C=O) groups excluding carboxylic acids is 3. The fraction of sp³-hybridized carbons (Fsp3) is 0. The molecule has 0 fully saturated rings. The van der Waals surface area contributed by atoms with E-state index in [1.165, 1.54) is 24.3 Å². The van der Waals surface area contributed by atoms with Crippen molar-refractivity contribution in [3.8, 4) is 0 Å². The number of nitrogens with one attached hydrogen (secondary N) is 1. The number of amides is 1. The summed E-state index contributed by atoms with van der Waals surface area (Å²) in [5, 5.41) is 6.30. The first-order valence-electron chi connectivity index (χ1n) is 6.67. The molecule has 2 aromatic rings. The van der Waals surface area contributed by atoms with Gasteiger partial charge in [0, 0.05) is 5.56 Å². The average molecular weight is 363 g/mol. The highest BCUT2D eigenvalue weighted by Crippen LogP contribution is 2.31. The Hall–Kier alpha value is -2.70. The lowest BCUT2D eigenvalue weighted by molar-refractivity contribution is -0.131. The Balaban J connectivity index is 1.98. The quantitative estimate of drug-likeness (QED) is 0.505. The number of benzene rings is 2. The fourth-order valence-electron chi connectivity index (χ4n) is 2.06. The van der Waals surface area contributed by atoms with Gasteiger partial charge in [0.2, 0.25) is 0 Å². The summed E-state index contributed by atoms with van der Waals surface area (Å²) in [6.45, 7) is 0. The van der Waals surface area contributed by atoms with E-state index in [1.807, 2.05) is 0 Å². The van der Waals surface area contributed by atoms with Crippen LogP contribution in [-0.4, -0.2) is 23.4 Å². The van der Waals surface area contributed by atoms with Gasteiger partial charge in [0.15, 0.2) is 5.71 Å². The maximum atomic E-state index is 12.0. The Morgan fingerprint density at radius 3 is 2.42 bits per heavy atom. The minimum absolute atomic E-state index is 0.168. The molecule has 0 aliphatic carbocycles. The summed E-state index contributed by atoms with van der Waals surface area (Å²) in [5.41, 5.74) is 0.402. The molecule has 0 saturated carbocycles. The molecule has 0 atom stereocenters. The van der Waals surface area contributed by atoms with Crippen LogP contribution in [0.4, 0.5) is 5.69 Å². The highest BCUT2D eigenvalue weighted by molar-refractivity contribution is 6.72. The Bertz CT molecular complexity index is 894. The monoisotopic (exact) mass is 362 g/mol. The van der Waals surface area contributed by atoms with Crippen LogP contribution in [0.5, 0.6) is 0 Å². The van der Waals surface area contributed by atoms with Crippen LogP contribution in [-0.2, 0) is 14.4 Å². The van der Waals surface area contributed by atoms with Crippen molar-refractivity contribution in [3.05, 3.63) is 63.6 Å². The molecule has 120 valence electrons. The van der Waals surface area contributed by atoms with E-state index in [2.05, 4.69) is 10.5 Å². The summed E-state index contributed by atoms with van der Waals surface area (Å²) in [5.74, 6) is -2.61. The van der Waals surface area contributed by atoms with Crippen LogP contribution in [0.25, 0.3) is 0 Å². The van der Waals surface area contributed by atoms with Crippen LogP contribution >= 0.6 is 23.2 Å². The molecule has 0 unspecified atom stereocenters. The fourth-order valence-corrected chi connectivity index (χ4v) is 2.39. The topological polar surface area (TPSA) is 84.8 Å². The van der Waals surface area contributed by atoms with Crippen molar-refractivity contribution in [3.63, 3.8) is 0 Å². The standard InChI is InChI=1S/C16H8Cl2N2O4/c17-10-6-9-12(7-11(10)18)19-15(22)14(21)13(9)20-24-16(23)8-4-2-1-3-5-8/h1-7H,(H,19,22). The van der Waals surface area contributed by atoms with E-state index in [9.17, 15) is 14.4 Å². The second kappa shape index (κ2) is 6.43. The zero-order chi connectivity index (χ0) is 17.3. The highest BCUT2D eigenvalue weighted by atomic mass is 35.5. The van der Waals surface area contributed by atoms with Crippen molar-refractivity contribution in [1.82, 2.24) is 0 Å². The summed E-state index contributed by atoms with van der Waals surface area (Å²) in [6, 6.07) is 10.9. The van der Waals surface area contributed by atoms with Crippen molar-refractivity contribution in [2.75, 3.05) is 5.32 Å². The zero-order valence-corrected chi connectivity index (χ0v) is 13.4. The molecule has 8 heteroatoms. The van der Waals surface area contributed by atoms with Crippen molar-refractivity contribution in [1.29, 1.82) is 0 Å². The Morgan fingerprint density at radius 1 is 1.04 bits per heavy atom. The molecule has 0 spiro atoms. The van der Waals surface area contributed by atoms with Gasteiger partial charge in [-0.3, -0.25) is 9.59 Å². The lowest BCUT2D eigenvalue weighted by Gasteiger charge is -2.17. The number of rotatable bonds is 2. The SMILES string of the molecule is O=C1Nc2cc(Cl)c(Cl)cc2C(=NOC(=O)c2ccccc2)C1=O. The first-order valence-corrected chi connectivity index (χ1v) is 7.42. The predicted molar refractivity (Wildman–Crippen MR) is 88.5 cm³/mol. The Morgan fingerprint density at radius 2 is 1.71 bits per heavy atom. The first kappa shape index (κ1) is 16.2. The lowest BCUT2D eigenvalue weighted by atomic mass is 10.00. The van der Waals surface area contributed by atoms with E-state index in [1.54, 1.807) is 18.2 Å². The third-order valence-corrected chi connectivity index (χ3v) is 3.94. The molecule has 0 saturated heterocycles. The molecule has 3 rings (SSSR count). The molecule has 0 aromatic heterocycles. The van der Waals surface area contributed by atoms with Crippen LogP contribution in [0, 0.1) is 0 Å². The van der Waals surface area contributed by atoms with Gasteiger partial charge in [-0.25, -0.2) is 4.79 Å². The highest BCUT2D eigenvalue weighted by Gasteiger charge is 2.32. The van der Waals surface area contributed by atoms with Gasteiger partial charge in [-0.1, -0.05) is 46.6 Å². The van der Waals surface area contributed by atoms with E-state index < -0.39 is 17.7 Å². The van der Waals surface area contributed by atoms with Gasteiger partial charge in [-0.05, 0) is 24.3 Å². The van der Waals surface area contributed by atoms with Gasteiger partial charge < -0.3 is 10.2 Å². The van der Waals surface area contributed by atoms with Crippen LogP contribution in [0.15, 0.2) is 47.6 Å². The van der Waals surface area contributed by atoms with Gasteiger partial charge in [-0.2, -0.15) is 0 Å². The molecule has 2 aromatic carbocycles. The lowest BCUT2D eigenvalue weighted by Crippen LogP contribution is -2.36. The number of hydrogen-bond donors (Lipinski definition) is 1. The molecule has 24 heavy (non-hydrogen) atoms. The van der Waals surface area contributed by atoms with Gasteiger partial charge in [0.1, 0.15) is 0 Å². The largest absolute Gasteiger partial charge is 0.365 e. The van der Waals surface area contributed by atoms with E-state index in [0.29, 0.717) is 0 Å². The van der Waals surface area contributed by atoms with Gasteiger partial charge in [0.05, 0.1) is 21.3 Å². The number of hydrogen-bond acceptors (Lipinski definition) is 5. The number of anilines is 1. The van der Waals surface area contributed by atoms with E-state index in [4.69, 9.17) is 28.0 Å². The first-order chi connectivity index (χ1) is 11.5. The maximum absolute atomic E-state index is 12.0. The second-order valence-electron chi connectivity index (χ2n) is 4.78. The van der Waals surface area contributed by atoms with Crippen LogP contribution < -0.4 is 5.32 Å². The van der Waals surface area contributed by atoms with Crippen molar-refractivity contribution >= 4 is 52.3 Å². The normalized spacial score (nSPS) is 15.0. The molecule has 0 bridgehead atoms. The van der Waals surface area contributed by atoms with Gasteiger partial charge in [-0.15, -0.1) is 0 Å². The van der Waals surface area contributed by atoms with Crippen LogP contribution in [0.1, 0.15) is 15.9 Å². The molecule has 1 aliphatic rings. The Labute approximate surface area is 146 Å². The van der Waals surface area contributed by atoms with Gasteiger partial charge in [0.25, 0.3) is 11.7 Å². The molecular formula is C16H8Cl2N2O4. The van der Waals surface area contributed by atoms with E-state index in [0.717, 1.165) is 0 Å². The van der Waals surface area contributed by atoms with Crippen LogP contribution in [0.2, 0.25) is 10.0 Å². The van der Waals surface area contributed by atoms with Crippen molar-refractivity contribution < 1.29 is 19.2 Å². The summed E-state index contributed by atoms with van der Waals surface area (Å²) >= 11 is 11.8. The minimum atomic E-state index is -0.943. The molecule has 1 N–H and O–H groups in total. The maximum Gasteiger partial charge on any atom is 0.365 e. The summed E-state index contributed by atoms with van der Waals surface area (Å²) < 4.78 is 0. The number of carbonyl (C=O) groups is 3. The second-order valence-corrected chi connectivity index (χ2v) is 5.59. The van der Waals surface area contributed by atoms with E-state index >= 15 is 0 Å². The number of nitrogens with zero attached hydrogens (tertiary/aromatic N) is 1. The van der Waals surface area contributed by atoms with Crippen LogP contribution in [0.3, 0.4) is 0 Å². The minimum Gasteiger partial charge on any atom is -0.318 e. The number of halogens is 2. The average Bonchev–Trinajstić information content (AvgIpc) is 2.58. The van der Waals surface area contributed by atoms with Crippen molar-refractivity contribution in [2.24, 2.45) is 5.16 Å². The van der Waals surface area contributed by atoms with Crippen molar-refractivity contribution in [2.45, 2.75) is 0 Å². The molecular weight excluding hydrogens is 355 g/mol. The summed E-state index contributed by atoms with van der Waals surface area (Å²) in [7, 11) is 0. The third-order valence-electron chi connectivity index (χ3n) is 3.21. The van der Waals surface area contributed by atoms with Gasteiger partial charge >= 0.3 is 5.97 Å². The molecule has 1 heterocycles. The molecule has 1 aliphatic heterocycles. The molecule has 6 nitrogen and oxygen atoms in total.